The number of carbonyl (C=O) groups is 3. The van der Waals surface area contributed by atoms with E-state index in [0.717, 1.165) is 37.0 Å². The van der Waals surface area contributed by atoms with Crippen molar-refractivity contribution in [3.63, 3.8) is 0 Å². The molecule has 234 valence electrons. The van der Waals surface area contributed by atoms with Gasteiger partial charge in [0.15, 0.2) is 0 Å². The number of rotatable bonds is 4. The highest BCUT2D eigenvalue weighted by Crippen LogP contribution is 2.33. The van der Waals surface area contributed by atoms with Crippen LogP contribution in [0.25, 0.3) is 0 Å². The molecule has 0 radical (unpaired) electrons. The van der Waals surface area contributed by atoms with Gasteiger partial charge in [0.05, 0.1) is 19.1 Å². The van der Waals surface area contributed by atoms with Crippen LogP contribution >= 0.6 is 11.6 Å². The number of hydrogen-bond donors (Lipinski definition) is 3. The summed E-state index contributed by atoms with van der Waals surface area (Å²) in [5, 5.41) is 9.42. The molecule has 2 atom stereocenters. The number of hydrogen-bond acceptors (Lipinski definition) is 5. The van der Waals surface area contributed by atoms with E-state index >= 15 is 0 Å². The van der Waals surface area contributed by atoms with Crippen LogP contribution in [0, 0.1) is 18.3 Å². The van der Waals surface area contributed by atoms with Gasteiger partial charge in [0, 0.05) is 25.2 Å². The van der Waals surface area contributed by atoms with Crippen molar-refractivity contribution in [2.75, 3.05) is 33.2 Å². The third kappa shape index (κ3) is 18.2. The van der Waals surface area contributed by atoms with Gasteiger partial charge in [-0.15, -0.1) is 12.3 Å². The molecule has 42 heavy (non-hydrogen) atoms. The van der Waals surface area contributed by atoms with Crippen LogP contribution < -0.4 is 16.0 Å². The number of ether oxygens (including phenoxy) is 1. The number of likely N-dealkylation sites (N-methyl/N-ethyl adjacent to an activating group) is 1. The largest absolute Gasteiger partial charge is 0.489 e. The summed E-state index contributed by atoms with van der Waals surface area (Å²) in [4.78, 5) is 38.4. The zero-order valence-electron chi connectivity index (χ0n) is 26.5. The van der Waals surface area contributed by atoms with Gasteiger partial charge in [0.2, 0.25) is 17.7 Å². The maximum Gasteiger partial charge on any atom is 0.240 e. The molecule has 0 aromatic rings. The minimum Gasteiger partial charge on any atom is -0.489 e. The Kier molecular flexibility index (Phi) is 20.6. The maximum absolute atomic E-state index is 12.9. The minimum atomic E-state index is -0.344. The third-order valence-electron chi connectivity index (χ3n) is 6.08. The summed E-state index contributed by atoms with van der Waals surface area (Å²) in [7, 11) is 1.62. The van der Waals surface area contributed by atoms with Crippen LogP contribution in [0.5, 0.6) is 0 Å². The highest BCUT2D eigenvalue weighted by Gasteiger charge is 2.37. The monoisotopic (exact) mass is 602 g/mol. The summed E-state index contributed by atoms with van der Waals surface area (Å²) in [6, 6.07) is -0.328. The van der Waals surface area contributed by atoms with Crippen LogP contribution in [-0.4, -0.2) is 68.0 Å². The standard InChI is InChI=1S/C22H36N4O4.C8H11Cl.C3H4/c1-5-7-18-15(2)8-6-11-23-19(27)13-24-20(28)14-26(4)22(29)21(17-9-10-17)25-12-16(3)30-18;1-4-8(9)6-5-7(2)3;1-3-2/h5,7,16-17,21,25H,6,8-14H2,1-4H3,(H,23,27)(H,24,28);4-6H,1H2,2-3H3;1H,2H3/b7-5-,18-15-;8-6+;/t16-,21?;;/m1../s1. The second-order valence-corrected chi connectivity index (χ2v) is 10.9. The number of halogens is 1. The predicted molar refractivity (Wildman–Crippen MR) is 174 cm³/mol. The molecular formula is C33H51ClN4O4. The van der Waals surface area contributed by atoms with E-state index < -0.39 is 0 Å². The molecule has 2 aliphatic rings. The van der Waals surface area contributed by atoms with Gasteiger partial charge >= 0.3 is 0 Å². The first kappa shape index (κ1) is 38.7. The lowest BCUT2D eigenvalue weighted by atomic mass is 10.1. The zero-order valence-corrected chi connectivity index (χ0v) is 27.3. The summed E-state index contributed by atoms with van der Waals surface area (Å²) in [6.07, 6.45) is 17.3. The van der Waals surface area contributed by atoms with Crippen LogP contribution in [0.1, 0.15) is 67.2 Å². The average molecular weight is 603 g/mol. The number of carbonyl (C=O) groups excluding carboxylic acids is 3. The van der Waals surface area contributed by atoms with Gasteiger partial charge in [-0.25, -0.2) is 0 Å². The van der Waals surface area contributed by atoms with Crippen LogP contribution in [0.3, 0.4) is 0 Å². The molecule has 1 heterocycles. The molecule has 2 rings (SSSR count). The van der Waals surface area contributed by atoms with Gasteiger partial charge in [-0.3, -0.25) is 14.4 Å². The minimum absolute atomic E-state index is 0.0730. The smallest absolute Gasteiger partial charge is 0.240 e. The van der Waals surface area contributed by atoms with E-state index in [0.29, 0.717) is 24.0 Å². The van der Waals surface area contributed by atoms with E-state index in [9.17, 15) is 14.4 Å². The molecule has 0 spiro atoms. The van der Waals surface area contributed by atoms with Crippen LogP contribution in [-0.2, 0) is 19.1 Å². The Balaban J connectivity index is 0.00000118. The van der Waals surface area contributed by atoms with Gasteiger partial charge in [-0.1, -0.05) is 42.0 Å². The topological polar surface area (TPSA) is 99.8 Å². The molecule has 1 fully saturated rings. The number of amides is 3. The molecule has 3 N–H and O–H groups in total. The molecule has 0 aromatic carbocycles. The molecule has 3 amide bonds. The Labute approximate surface area is 258 Å². The van der Waals surface area contributed by atoms with E-state index in [4.69, 9.17) is 16.3 Å². The first-order valence-electron chi connectivity index (χ1n) is 14.4. The maximum atomic E-state index is 12.9. The van der Waals surface area contributed by atoms with Crippen molar-refractivity contribution < 1.29 is 19.1 Å². The van der Waals surface area contributed by atoms with Crippen LogP contribution in [0.4, 0.5) is 0 Å². The van der Waals surface area contributed by atoms with Crippen molar-refractivity contribution >= 4 is 29.3 Å². The third-order valence-corrected chi connectivity index (χ3v) is 6.36. The molecule has 9 heteroatoms. The highest BCUT2D eigenvalue weighted by atomic mass is 35.5. The fourth-order valence-electron chi connectivity index (χ4n) is 3.72. The van der Waals surface area contributed by atoms with E-state index in [-0.39, 0.29) is 43.0 Å². The average Bonchev–Trinajstić information content (AvgIpc) is 3.78. The highest BCUT2D eigenvalue weighted by molar-refractivity contribution is 6.31. The molecule has 1 aliphatic heterocycles. The van der Waals surface area contributed by atoms with E-state index in [1.54, 1.807) is 20.0 Å². The summed E-state index contributed by atoms with van der Waals surface area (Å²) >= 11 is 5.61. The van der Waals surface area contributed by atoms with Gasteiger partial charge < -0.3 is 25.6 Å². The van der Waals surface area contributed by atoms with Gasteiger partial charge in [0.1, 0.15) is 11.9 Å². The molecule has 1 aliphatic carbocycles. The Morgan fingerprint density at radius 2 is 1.81 bits per heavy atom. The Morgan fingerprint density at radius 3 is 2.36 bits per heavy atom. The Hall–Kier alpha value is -3.28. The van der Waals surface area contributed by atoms with Crippen LogP contribution in [0.15, 0.2) is 58.9 Å². The van der Waals surface area contributed by atoms with Gasteiger partial charge in [0.25, 0.3) is 0 Å². The van der Waals surface area contributed by atoms with E-state index in [2.05, 4.69) is 34.9 Å². The molecule has 1 saturated carbocycles. The predicted octanol–water partition coefficient (Wildman–Crippen LogP) is 5.00. The number of allylic oxidation sites excluding steroid dienone is 8. The molecular weight excluding hydrogens is 552 g/mol. The Bertz CT molecular complexity index is 1050. The van der Waals surface area contributed by atoms with Gasteiger partial charge in [-0.2, -0.15) is 0 Å². The second-order valence-electron chi connectivity index (χ2n) is 10.5. The van der Waals surface area contributed by atoms with Crippen molar-refractivity contribution in [2.45, 2.75) is 79.4 Å². The Morgan fingerprint density at radius 1 is 1.17 bits per heavy atom. The molecule has 0 saturated heterocycles. The molecule has 1 unspecified atom stereocenters. The van der Waals surface area contributed by atoms with Gasteiger partial charge in [-0.05, 0) is 90.9 Å². The summed E-state index contributed by atoms with van der Waals surface area (Å²) in [6.45, 7) is 16.0. The van der Waals surface area contributed by atoms with Crippen molar-refractivity contribution in [3.05, 3.63) is 58.9 Å². The van der Waals surface area contributed by atoms with Crippen LogP contribution in [0.2, 0.25) is 0 Å². The number of nitrogens with one attached hydrogen (secondary N) is 3. The fraction of sp³-hybridized carbons (Fsp3) is 0.545. The molecule has 0 bridgehead atoms. The zero-order chi connectivity index (χ0) is 32.1. The lowest BCUT2D eigenvalue weighted by Crippen LogP contribution is -2.51. The lowest BCUT2D eigenvalue weighted by Gasteiger charge is -2.26. The van der Waals surface area contributed by atoms with Crippen molar-refractivity contribution in [1.29, 1.82) is 0 Å². The molecule has 0 aromatic heterocycles. The SMILES string of the molecule is C#CC.C/C=C\C1=C(/C)CCCNC(=O)CNC(=O)CN(C)C(=O)C(C2CC2)NC[C@@H](C)O1.C=C/C(Cl)=C\C=C(C)C. The summed E-state index contributed by atoms with van der Waals surface area (Å²) < 4.78 is 6.15. The number of nitrogens with zero attached hydrogens (tertiary/aromatic N) is 1. The van der Waals surface area contributed by atoms with Crippen molar-refractivity contribution in [2.24, 2.45) is 5.92 Å². The van der Waals surface area contributed by atoms with Crippen molar-refractivity contribution in [3.8, 4) is 12.3 Å². The normalized spacial score (nSPS) is 23.3. The van der Waals surface area contributed by atoms with E-state index in [1.807, 2.05) is 58.9 Å². The summed E-state index contributed by atoms with van der Waals surface area (Å²) in [5.74, 6) is 2.68. The van der Waals surface area contributed by atoms with E-state index in [1.165, 1.54) is 10.5 Å². The van der Waals surface area contributed by atoms with Crippen molar-refractivity contribution in [1.82, 2.24) is 20.9 Å². The first-order chi connectivity index (χ1) is 19.9. The second kappa shape index (κ2) is 22.3. The quantitative estimate of drug-likeness (QED) is 0.311. The molecule has 8 nitrogen and oxygen atoms in total. The fourth-order valence-corrected chi connectivity index (χ4v) is 3.78. The summed E-state index contributed by atoms with van der Waals surface area (Å²) in [5.41, 5.74) is 2.34. The lowest BCUT2D eigenvalue weighted by molar-refractivity contribution is -0.137. The number of terminal acetylenes is 1. The first-order valence-corrected chi connectivity index (χ1v) is 14.8.